The quantitative estimate of drug-likeness (QED) is 0.176. The van der Waals surface area contributed by atoms with Gasteiger partial charge in [-0.2, -0.15) is 0 Å². The van der Waals surface area contributed by atoms with E-state index in [1.165, 1.54) is 75.4 Å². The van der Waals surface area contributed by atoms with Gasteiger partial charge >= 0.3 is 0 Å². The highest BCUT2D eigenvalue weighted by Gasteiger charge is 2.25. The van der Waals surface area contributed by atoms with Gasteiger partial charge < -0.3 is 9.32 Å². The summed E-state index contributed by atoms with van der Waals surface area (Å²) >= 11 is 0. The van der Waals surface area contributed by atoms with Gasteiger partial charge in [-0.25, -0.2) is 0 Å². The van der Waals surface area contributed by atoms with Crippen LogP contribution in [0, 0.1) is 0 Å². The highest BCUT2D eigenvalue weighted by Crippen LogP contribution is 2.50. The van der Waals surface area contributed by atoms with E-state index in [1.807, 2.05) is 6.07 Å². The predicted octanol–water partition coefficient (Wildman–Crippen LogP) is 14.6. The van der Waals surface area contributed by atoms with Gasteiger partial charge in [0.15, 0.2) is 0 Å². The lowest BCUT2D eigenvalue weighted by atomic mass is 9.87. The number of rotatable bonds is 3. The third-order valence-corrected chi connectivity index (χ3v) is 11.3. The van der Waals surface area contributed by atoms with E-state index >= 15 is 0 Å². The number of anilines is 3. The van der Waals surface area contributed by atoms with Crippen molar-refractivity contribution in [2.24, 2.45) is 0 Å². The molecule has 0 radical (unpaired) electrons. The minimum absolute atomic E-state index is 0.878. The summed E-state index contributed by atoms with van der Waals surface area (Å²) in [5.74, 6) is 0. The number of fused-ring (bicyclic) bond motifs is 6. The van der Waals surface area contributed by atoms with Crippen LogP contribution in [-0.2, 0) is 0 Å². The SMILES string of the molecule is c1ccc2c(N(c3cc4cccc5c6cccc7ccc8cccc(c9cccc3c9c45)c8c76)c3cccc4oc5ccccc5c34)cccc2c1. The fourth-order valence-electron chi connectivity index (χ4n) is 9.20. The molecule has 0 saturated carbocycles. The second-order valence-corrected chi connectivity index (χ2v) is 14.0. The Morgan fingerprint density at radius 2 is 0.750 bits per heavy atom. The van der Waals surface area contributed by atoms with Crippen LogP contribution >= 0.6 is 0 Å². The van der Waals surface area contributed by atoms with Gasteiger partial charge in [0.2, 0.25) is 0 Å². The Morgan fingerprint density at radius 3 is 1.52 bits per heavy atom. The van der Waals surface area contributed by atoms with Crippen molar-refractivity contribution in [3.63, 3.8) is 0 Å². The maximum atomic E-state index is 6.50. The maximum Gasteiger partial charge on any atom is 0.137 e. The van der Waals surface area contributed by atoms with Crippen molar-refractivity contribution < 1.29 is 4.42 Å². The zero-order valence-electron chi connectivity index (χ0n) is 28.1. The Labute approximate surface area is 298 Å². The smallest absolute Gasteiger partial charge is 0.137 e. The second-order valence-electron chi connectivity index (χ2n) is 14.0. The fraction of sp³-hybridized carbons (Fsp3) is 0. The van der Waals surface area contributed by atoms with E-state index in [4.69, 9.17) is 4.42 Å². The average molecular weight is 660 g/mol. The lowest BCUT2D eigenvalue weighted by Crippen LogP contribution is -2.11. The van der Waals surface area contributed by atoms with Gasteiger partial charge in [0, 0.05) is 21.5 Å². The molecule has 1 aromatic heterocycles. The Bertz CT molecular complexity index is 3420. The van der Waals surface area contributed by atoms with Crippen LogP contribution in [0.15, 0.2) is 180 Å². The number of benzene rings is 10. The van der Waals surface area contributed by atoms with Gasteiger partial charge in [-0.3, -0.25) is 0 Å². The first-order valence-electron chi connectivity index (χ1n) is 17.9. The summed E-state index contributed by atoms with van der Waals surface area (Å²) in [6.07, 6.45) is 0. The van der Waals surface area contributed by atoms with Crippen LogP contribution in [0.1, 0.15) is 0 Å². The first kappa shape index (κ1) is 27.9. The van der Waals surface area contributed by atoms with Crippen molar-refractivity contribution in [2.75, 3.05) is 4.90 Å². The number of hydrogen-bond acceptors (Lipinski definition) is 2. The van der Waals surface area contributed by atoms with E-state index in [9.17, 15) is 0 Å². The van der Waals surface area contributed by atoms with Gasteiger partial charge in [0.25, 0.3) is 0 Å². The van der Waals surface area contributed by atoms with Crippen LogP contribution in [0.2, 0.25) is 0 Å². The molecule has 0 aliphatic rings. The molecule has 2 heteroatoms. The summed E-state index contributed by atoms with van der Waals surface area (Å²) in [6, 6.07) is 64.5. The van der Waals surface area contributed by atoms with Gasteiger partial charge in [-0.1, -0.05) is 146 Å². The zero-order valence-corrected chi connectivity index (χ0v) is 28.1. The largest absolute Gasteiger partial charge is 0.456 e. The van der Waals surface area contributed by atoms with Crippen LogP contribution in [0.25, 0.3) is 97.3 Å². The summed E-state index contributed by atoms with van der Waals surface area (Å²) in [5, 5.41) is 19.9. The Kier molecular flexibility index (Phi) is 5.53. The summed E-state index contributed by atoms with van der Waals surface area (Å²) in [4.78, 5) is 2.49. The molecule has 240 valence electrons. The van der Waals surface area contributed by atoms with Crippen molar-refractivity contribution >= 4 is 114 Å². The molecule has 0 amide bonds. The molecule has 0 aliphatic heterocycles. The monoisotopic (exact) mass is 659 g/mol. The van der Waals surface area contributed by atoms with E-state index in [2.05, 4.69) is 175 Å². The molecular weight excluding hydrogens is 631 g/mol. The lowest BCUT2D eigenvalue weighted by molar-refractivity contribution is 0.669. The van der Waals surface area contributed by atoms with Crippen molar-refractivity contribution in [3.05, 3.63) is 176 Å². The molecule has 0 unspecified atom stereocenters. The number of hydrogen-bond donors (Lipinski definition) is 0. The summed E-state index contributed by atoms with van der Waals surface area (Å²) in [7, 11) is 0. The Balaban J connectivity index is 1.33. The molecule has 0 saturated heterocycles. The van der Waals surface area contributed by atoms with E-state index in [0.29, 0.717) is 0 Å². The first-order valence-corrected chi connectivity index (χ1v) is 17.9. The van der Waals surface area contributed by atoms with Crippen LogP contribution in [0.3, 0.4) is 0 Å². The van der Waals surface area contributed by atoms with Crippen LogP contribution in [0.4, 0.5) is 17.1 Å². The fourth-order valence-corrected chi connectivity index (χ4v) is 9.20. The number of furan rings is 1. The van der Waals surface area contributed by atoms with Gasteiger partial charge in [-0.15, -0.1) is 0 Å². The highest BCUT2D eigenvalue weighted by molar-refractivity contribution is 6.38. The second kappa shape index (κ2) is 10.3. The standard InChI is InChI=1S/C50H29NO/c1-2-16-34-30(11-1)12-8-23-41(34)51(42-24-10-26-45-50(42)40-17-3-4-25-44(40)52-45)43-29-33-15-7-20-36-35-18-5-13-31-27-28-32-14-6-19-37(47(32)46(31)35)38-21-9-22-39(43)49(38)48(33)36/h1-29H. The maximum absolute atomic E-state index is 6.50. The molecule has 52 heavy (non-hydrogen) atoms. The molecular formula is C50H29NO. The highest BCUT2D eigenvalue weighted by atomic mass is 16.3. The summed E-state index contributed by atoms with van der Waals surface area (Å²) in [6.45, 7) is 0. The molecule has 0 atom stereocenters. The Morgan fingerprint density at radius 1 is 0.269 bits per heavy atom. The van der Waals surface area contributed by atoms with E-state index in [1.54, 1.807) is 0 Å². The molecule has 11 aromatic carbocycles. The van der Waals surface area contributed by atoms with Crippen LogP contribution in [-0.4, -0.2) is 0 Å². The summed E-state index contributed by atoms with van der Waals surface area (Å²) in [5.41, 5.74) is 5.12. The third-order valence-electron chi connectivity index (χ3n) is 11.3. The molecule has 0 fully saturated rings. The van der Waals surface area contributed by atoms with Gasteiger partial charge in [0.1, 0.15) is 11.2 Å². The van der Waals surface area contributed by atoms with Crippen LogP contribution < -0.4 is 4.90 Å². The molecule has 2 nitrogen and oxygen atoms in total. The Hall–Kier alpha value is -6.90. The number of para-hydroxylation sites is 1. The molecule has 0 aliphatic carbocycles. The van der Waals surface area contributed by atoms with Crippen LogP contribution in [0.5, 0.6) is 0 Å². The lowest BCUT2D eigenvalue weighted by Gasteiger charge is -2.30. The normalized spacial score (nSPS) is 12.2. The van der Waals surface area contributed by atoms with Crippen molar-refractivity contribution in [3.8, 4) is 0 Å². The van der Waals surface area contributed by atoms with E-state index in [-0.39, 0.29) is 0 Å². The van der Waals surface area contributed by atoms with Gasteiger partial charge in [0.05, 0.1) is 22.4 Å². The summed E-state index contributed by atoms with van der Waals surface area (Å²) < 4.78 is 6.50. The molecule has 12 rings (SSSR count). The minimum atomic E-state index is 0.878. The minimum Gasteiger partial charge on any atom is -0.456 e. The topological polar surface area (TPSA) is 16.4 Å². The van der Waals surface area contributed by atoms with E-state index in [0.717, 1.165) is 39.0 Å². The molecule has 1 heterocycles. The van der Waals surface area contributed by atoms with Gasteiger partial charge in [-0.05, 0) is 89.6 Å². The molecule has 0 N–H and O–H groups in total. The molecule has 0 bridgehead atoms. The van der Waals surface area contributed by atoms with Crippen molar-refractivity contribution in [1.82, 2.24) is 0 Å². The predicted molar refractivity (Wildman–Crippen MR) is 222 cm³/mol. The zero-order chi connectivity index (χ0) is 33.9. The molecule has 0 spiro atoms. The van der Waals surface area contributed by atoms with Crippen molar-refractivity contribution in [1.29, 1.82) is 0 Å². The first-order chi connectivity index (χ1) is 25.8. The average Bonchev–Trinajstić information content (AvgIpc) is 3.59. The van der Waals surface area contributed by atoms with E-state index < -0.39 is 0 Å². The molecule has 12 aromatic rings. The third kappa shape index (κ3) is 3.68. The van der Waals surface area contributed by atoms with Crippen molar-refractivity contribution in [2.45, 2.75) is 0 Å². The number of nitrogens with zero attached hydrogens (tertiary/aromatic N) is 1.